The topological polar surface area (TPSA) is 31.2 Å². The van der Waals surface area contributed by atoms with Crippen molar-refractivity contribution in [2.45, 2.75) is 19.9 Å². The molecule has 3 nitrogen and oxygen atoms in total. The molecule has 0 saturated carbocycles. The average molecular weight is 470 g/mol. The second-order valence-electron chi connectivity index (χ2n) is 4.52. The van der Waals surface area contributed by atoms with Crippen molar-refractivity contribution < 1.29 is 46.2 Å². The molecule has 0 aliphatic heterocycles. The SMILES string of the molecule is CC#CCOc1ccc(-c2[c-]ccc(=O)n2CC(F)F)c(Br)c1.[Y]. The van der Waals surface area contributed by atoms with Crippen LogP contribution in [0.4, 0.5) is 8.78 Å². The van der Waals surface area contributed by atoms with E-state index in [1.807, 2.05) is 0 Å². The van der Waals surface area contributed by atoms with E-state index >= 15 is 0 Å². The van der Waals surface area contributed by atoms with Crippen LogP contribution in [0.5, 0.6) is 5.75 Å². The van der Waals surface area contributed by atoms with E-state index in [0.29, 0.717) is 21.5 Å². The fraction of sp³-hybridized carbons (Fsp3) is 0.235. The van der Waals surface area contributed by atoms with Gasteiger partial charge in [0.25, 0.3) is 6.43 Å². The predicted molar refractivity (Wildman–Crippen MR) is 87.6 cm³/mol. The van der Waals surface area contributed by atoms with Crippen LogP contribution in [-0.2, 0) is 39.3 Å². The molecule has 2 aromatic rings. The van der Waals surface area contributed by atoms with Crippen LogP contribution < -0.4 is 10.3 Å². The maximum absolute atomic E-state index is 12.7. The zero-order valence-corrected chi connectivity index (χ0v) is 17.3. The molecule has 123 valence electrons. The van der Waals surface area contributed by atoms with E-state index in [2.05, 4.69) is 33.8 Å². The molecular formula is C17H13BrF2NO2Y-. The van der Waals surface area contributed by atoms with E-state index in [9.17, 15) is 13.6 Å². The van der Waals surface area contributed by atoms with Crippen LogP contribution in [0.1, 0.15) is 6.92 Å². The van der Waals surface area contributed by atoms with Gasteiger partial charge in [0.1, 0.15) is 12.4 Å². The molecule has 2 rings (SSSR count). The molecule has 0 bridgehead atoms. The summed E-state index contributed by atoms with van der Waals surface area (Å²) in [6.45, 7) is 1.30. The molecule has 0 spiro atoms. The van der Waals surface area contributed by atoms with Gasteiger partial charge in [-0.2, -0.15) is 12.1 Å². The number of halogens is 3. The van der Waals surface area contributed by atoms with Gasteiger partial charge >= 0.3 is 0 Å². The molecule has 1 heterocycles. The Morgan fingerprint density at radius 3 is 2.75 bits per heavy atom. The first kappa shape index (κ1) is 21.0. The van der Waals surface area contributed by atoms with Gasteiger partial charge in [-0.25, -0.2) is 8.78 Å². The molecule has 0 amide bonds. The Labute approximate surface area is 172 Å². The number of alkyl halides is 2. The summed E-state index contributed by atoms with van der Waals surface area (Å²) in [6, 6.07) is 10.6. The number of pyridine rings is 1. The molecule has 7 heteroatoms. The summed E-state index contributed by atoms with van der Waals surface area (Å²) in [5, 5.41) is 0. The van der Waals surface area contributed by atoms with Crippen molar-refractivity contribution in [2.75, 3.05) is 6.61 Å². The van der Waals surface area contributed by atoms with Gasteiger partial charge in [-0.15, -0.1) is 12.0 Å². The number of hydrogen-bond acceptors (Lipinski definition) is 2. The van der Waals surface area contributed by atoms with Crippen molar-refractivity contribution >= 4 is 15.9 Å². The first-order valence-corrected chi connectivity index (χ1v) is 7.54. The first-order chi connectivity index (χ1) is 11.0. The van der Waals surface area contributed by atoms with Gasteiger partial charge in [0, 0.05) is 32.7 Å². The standard InChI is InChI=1S/C17H13BrF2NO2.Y/c1-2-3-9-23-12-7-8-13(14(18)10-12)15-5-4-6-17(22)21(15)11-16(19)20;/h4,6-8,10,16H,9,11H2,1H3;/q-1;. The summed E-state index contributed by atoms with van der Waals surface area (Å²) in [5.74, 6) is 6.08. The maximum atomic E-state index is 12.7. The van der Waals surface area contributed by atoms with Crippen molar-refractivity contribution in [1.82, 2.24) is 4.57 Å². The molecule has 0 fully saturated rings. The minimum absolute atomic E-state index is 0. The van der Waals surface area contributed by atoms with Gasteiger partial charge in [-0.05, 0) is 23.5 Å². The molecule has 1 aromatic heterocycles. The van der Waals surface area contributed by atoms with E-state index < -0.39 is 18.5 Å². The third-order valence-corrected chi connectivity index (χ3v) is 3.64. The van der Waals surface area contributed by atoms with Crippen molar-refractivity contribution in [3.05, 3.63) is 51.2 Å². The molecule has 0 atom stereocenters. The Kier molecular flexibility index (Phi) is 8.82. The number of benzene rings is 1. The van der Waals surface area contributed by atoms with Gasteiger partial charge in [0.2, 0.25) is 0 Å². The number of nitrogens with zero attached hydrogens (tertiary/aromatic N) is 1. The maximum Gasteiger partial charge on any atom is 0.256 e. The van der Waals surface area contributed by atoms with Crippen molar-refractivity contribution in [3.8, 4) is 28.8 Å². The zero-order valence-electron chi connectivity index (χ0n) is 12.9. The fourth-order valence-electron chi connectivity index (χ4n) is 1.98. The quantitative estimate of drug-likeness (QED) is 0.493. The van der Waals surface area contributed by atoms with Gasteiger partial charge in [0.15, 0.2) is 5.56 Å². The summed E-state index contributed by atoms with van der Waals surface area (Å²) < 4.78 is 32.5. The van der Waals surface area contributed by atoms with E-state index in [4.69, 9.17) is 4.74 Å². The minimum Gasteiger partial charge on any atom is -0.481 e. The minimum atomic E-state index is -2.63. The average Bonchev–Trinajstić information content (AvgIpc) is 2.50. The molecule has 0 unspecified atom stereocenters. The molecule has 0 aliphatic carbocycles. The van der Waals surface area contributed by atoms with Gasteiger partial charge in [-0.1, -0.05) is 39.2 Å². The summed E-state index contributed by atoms with van der Waals surface area (Å²) >= 11 is 3.38. The van der Waals surface area contributed by atoms with Gasteiger partial charge in [0.05, 0.1) is 6.54 Å². The van der Waals surface area contributed by atoms with Crippen molar-refractivity contribution in [3.63, 3.8) is 0 Å². The van der Waals surface area contributed by atoms with Crippen molar-refractivity contribution in [2.24, 2.45) is 0 Å². The predicted octanol–water partition coefficient (Wildman–Crippen LogP) is 3.74. The number of hydrogen-bond donors (Lipinski definition) is 0. The van der Waals surface area contributed by atoms with Crippen LogP contribution in [0, 0.1) is 17.9 Å². The summed E-state index contributed by atoms with van der Waals surface area (Å²) in [7, 11) is 0. The van der Waals surface area contributed by atoms with Crippen LogP contribution in [0.25, 0.3) is 11.3 Å². The normalized spacial score (nSPS) is 9.88. The van der Waals surface area contributed by atoms with Crippen LogP contribution in [0.3, 0.4) is 0 Å². The largest absolute Gasteiger partial charge is 0.481 e. The van der Waals surface area contributed by atoms with Crippen LogP contribution >= 0.6 is 15.9 Å². The van der Waals surface area contributed by atoms with Crippen LogP contribution in [0.2, 0.25) is 0 Å². The molecule has 1 radical (unpaired) electrons. The third-order valence-electron chi connectivity index (χ3n) is 2.99. The second-order valence-corrected chi connectivity index (χ2v) is 5.38. The van der Waals surface area contributed by atoms with Gasteiger partial charge < -0.3 is 9.30 Å². The third kappa shape index (κ3) is 5.51. The summed E-state index contributed by atoms with van der Waals surface area (Å²) in [5.41, 5.74) is 0.381. The Morgan fingerprint density at radius 2 is 2.12 bits per heavy atom. The second kappa shape index (κ2) is 10.1. The Hall–Kier alpha value is -1.03. The molecule has 0 aliphatic rings. The molecule has 1 aromatic carbocycles. The molecule has 0 N–H and O–H groups in total. The fourth-order valence-corrected chi connectivity index (χ4v) is 2.53. The monoisotopic (exact) mass is 469 g/mol. The van der Waals surface area contributed by atoms with E-state index in [0.717, 1.165) is 4.57 Å². The van der Waals surface area contributed by atoms with E-state index in [1.165, 1.54) is 12.1 Å². The number of ether oxygens (including phenoxy) is 1. The Morgan fingerprint density at radius 1 is 1.38 bits per heavy atom. The van der Waals surface area contributed by atoms with Crippen molar-refractivity contribution in [1.29, 1.82) is 0 Å². The first-order valence-electron chi connectivity index (χ1n) is 6.75. The smallest absolute Gasteiger partial charge is 0.256 e. The molecule has 0 saturated heterocycles. The van der Waals surface area contributed by atoms with Gasteiger partial charge in [-0.3, -0.25) is 4.79 Å². The summed E-state index contributed by atoms with van der Waals surface area (Å²) in [6.07, 6.45) is -2.63. The Bertz CT molecular complexity index is 812. The molecule has 24 heavy (non-hydrogen) atoms. The molecular weight excluding hydrogens is 457 g/mol. The zero-order chi connectivity index (χ0) is 16.8. The Balaban J connectivity index is 0.00000288. The summed E-state index contributed by atoms with van der Waals surface area (Å²) in [4.78, 5) is 11.9. The van der Waals surface area contributed by atoms with E-state index in [1.54, 1.807) is 25.1 Å². The number of rotatable bonds is 5. The van der Waals surface area contributed by atoms with Crippen LogP contribution in [0.15, 0.2) is 39.6 Å². The van der Waals surface area contributed by atoms with E-state index in [-0.39, 0.29) is 39.3 Å². The van der Waals surface area contributed by atoms with Crippen LogP contribution in [-0.4, -0.2) is 17.6 Å². The number of aromatic nitrogens is 1.